The molecule has 0 fully saturated rings. The van der Waals surface area contributed by atoms with Gasteiger partial charge < -0.3 is 10.4 Å². The first-order chi connectivity index (χ1) is 10.7. The maximum absolute atomic E-state index is 13.1. The summed E-state index contributed by atoms with van der Waals surface area (Å²) in [6, 6.07) is 7.66. The number of alkyl halides is 3. The van der Waals surface area contributed by atoms with Crippen molar-refractivity contribution in [3.8, 4) is 0 Å². The zero-order valence-electron chi connectivity index (χ0n) is 12.4. The molecule has 1 heterocycles. The lowest BCUT2D eigenvalue weighted by Gasteiger charge is -2.23. The van der Waals surface area contributed by atoms with Crippen LogP contribution < -0.4 is 5.32 Å². The number of hydrogen-bond acceptors (Lipinski definition) is 4. The van der Waals surface area contributed by atoms with Crippen molar-refractivity contribution in [2.45, 2.75) is 12.4 Å². The van der Waals surface area contributed by atoms with Crippen LogP contribution in [0.25, 0.3) is 0 Å². The van der Waals surface area contributed by atoms with Gasteiger partial charge in [-0.1, -0.05) is 29.8 Å². The molecule has 2 rings (SSSR count). The number of nitrogens with zero attached hydrogens (tertiary/aromatic N) is 2. The number of nitrogens with one attached hydrogen (secondary N) is 1. The first kappa shape index (κ1) is 17.5. The molecule has 0 saturated heterocycles. The zero-order chi connectivity index (χ0) is 17.2. The third-order valence-corrected chi connectivity index (χ3v) is 3.38. The van der Waals surface area contributed by atoms with E-state index in [0.29, 0.717) is 17.4 Å². The molecule has 4 nitrogen and oxygen atoms in total. The van der Waals surface area contributed by atoms with Crippen molar-refractivity contribution in [3.05, 3.63) is 52.8 Å². The van der Waals surface area contributed by atoms with Crippen molar-refractivity contribution in [3.63, 3.8) is 0 Å². The highest BCUT2D eigenvalue weighted by molar-refractivity contribution is 6.29. The second-order valence-corrected chi connectivity index (χ2v) is 5.49. The number of halogens is 4. The van der Waals surface area contributed by atoms with Crippen LogP contribution in [0.1, 0.15) is 17.4 Å². The van der Waals surface area contributed by atoms with Gasteiger partial charge in [0.05, 0.1) is 11.3 Å². The van der Waals surface area contributed by atoms with E-state index in [1.165, 1.54) is 4.90 Å². The molecule has 0 aliphatic rings. The quantitative estimate of drug-likeness (QED) is 0.648. The molecule has 1 aromatic heterocycles. The summed E-state index contributed by atoms with van der Waals surface area (Å²) in [7, 11) is 3.32. The van der Waals surface area contributed by atoms with Crippen molar-refractivity contribution in [2.75, 3.05) is 19.4 Å². The molecule has 0 bridgehead atoms. The van der Waals surface area contributed by atoms with Crippen molar-refractivity contribution in [1.82, 2.24) is 9.88 Å². The lowest BCUT2D eigenvalue weighted by atomic mass is 10.1. The molecule has 0 spiro atoms. The van der Waals surface area contributed by atoms with E-state index >= 15 is 0 Å². The first-order valence-electron chi connectivity index (χ1n) is 6.63. The van der Waals surface area contributed by atoms with E-state index in [4.69, 9.17) is 11.6 Å². The minimum atomic E-state index is -4.57. The van der Waals surface area contributed by atoms with Crippen LogP contribution in [0.3, 0.4) is 0 Å². The van der Waals surface area contributed by atoms with Crippen molar-refractivity contribution >= 4 is 23.0 Å². The summed E-state index contributed by atoms with van der Waals surface area (Å²) >= 11 is 5.71. The van der Waals surface area contributed by atoms with Gasteiger partial charge in [-0.15, -0.1) is 0 Å². The fourth-order valence-electron chi connectivity index (χ4n) is 2.02. The minimum absolute atomic E-state index is 0.0638. The van der Waals surface area contributed by atoms with Gasteiger partial charge in [0.2, 0.25) is 0 Å². The average Bonchev–Trinajstić information content (AvgIpc) is 2.45. The second-order valence-electron chi connectivity index (χ2n) is 5.10. The van der Waals surface area contributed by atoms with Crippen LogP contribution in [0.2, 0.25) is 5.15 Å². The van der Waals surface area contributed by atoms with E-state index in [2.05, 4.69) is 10.3 Å². The first-order valence-corrected chi connectivity index (χ1v) is 7.01. The van der Waals surface area contributed by atoms with Gasteiger partial charge in [0, 0.05) is 17.4 Å². The van der Waals surface area contributed by atoms with E-state index < -0.39 is 18.0 Å². The van der Waals surface area contributed by atoms with E-state index in [1.807, 2.05) is 0 Å². The van der Waals surface area contributed by atoms with Gasteiger partial charge in [-0.2, -0.15) is 13.2 Å². The van der Waals surface area contributed by atoms with Crippen LogP contribution >= 0.6 is 11.6 Å². The molecule has 0 radical (unpaired) electrons. The number of para-hydroxylation sites is 1. The molecular weight excluding hydrogens is 331 g/mol. The van der Waals surface area contributed by atoms with Crippen LogP contribution in [0.4, 0.5) is 24.5 Å². The number of anilines is 2. The number of rotatable bonds is 4. The SMILES string of the molecule is CN(C)C(O)c1ccccc1Nc1cc(Cl)ncc1C(F)(F)F. The number of pyridine rings is 1. The fraction of sp³-hybridized carbons (Fsp3) is 0.267. The Morgan fingerprint density at radius 1 is 1.22 bits per heavy atom. The highest BCUT2D eigenvalue weighted by atomic mass is 35.5. The van der Waals surface area contributed by atoms with Crippen LogP contribution in [0.5, 0.6) is 0 Å². The maximum Gasteiger partial charge on any atom is 0.419 e. The number of aromatic nitrogens is 1. The summed E-state index contributed by atoms with van der Waals surface area (Å²) in [5.74, 6) is 0. The number of benzene rings is 1. The Labute approximate surface area is 136 Å². The molecule has 23 heavy (non-hydrogen) atoms. The molecule has 1 atom stereocenters. The predicted molar refractivity (Wildman–Crippen MR) is 82.6 cm³/mol. The third-order valence-electron chi connectivity index (χ3n) is 3.17. The topological polar surface area (TPSA) is 48.4 Å². The predicted octanol–water partition coefficient (Wildman–Crippen LogP) is 4.05. The molecule has 124 valence electrons. The fourth-order valence-corrected chi connectivity index (χ4v) is 2.18. The molecule has 0 saturated carbocycles. The normalized spacial score (nSPS) is 13.2. The monoisotopic (exact) mass is 345 g/mol. The summed E-state index contributed by atoms with van der Waals surface area (Å²) in [5, 5.41) is 12.8. The van der Waals surface area contributed by atoms with Crippen LogP contribution in [-0.2, 0) is 6.18 Å². The van der Waals surface area contributed by atoms with Gasteiger partial charge in [0.15, 0.2) is 0 Å². The molecule has 0 amide bonds. The highest BCUT2D eigenvalue weighted by Gasteiger charge is 2.34. The average molecular weight is 346 g/mol. The Balaban J connectivity index is 2.46. The molecule has 2 aromatic rings. The largest absolute Gasteiger partial charge is 0.419 e. The van der Waals surface area contributed by atoms with Crippen LogP contribution in [0, 0.1) is 0 Å². The van der Waals surface area contributed by atoms with E-state index in [0.717, 1.165) is 6.07 Å². The highest BCUT2D eigenvalue weighted by Crippen LogP contribution is 2.37. The van der Waals surface area contributed by atoms with Gasteiger partial charge in [-0.25, -0.2) is 4.98 Å². The summed E-state index contributed by atoms with van der Waals surface area (Å²) < 4.78 is 39.3. The standard InChI is InChI=1S/C15H15ClF3N3O/c1-22(2)14(23)9-5-3-4-6-11(9)21-12-7-13(16)20-8-10(12)15(17,18)19/h3-8,14,23H,1-2H3,(H,20,21). The Morgan fingerprint density at radius 2 is 1.87 bits per heavy atom. The Kier molecular flexibility index (Phi) is 5.13. The molecule has 8 heteroatoms. The van der Waals surface area contributed by atoms with Gasteiger partial charge in [0.25, 0.3) is 0 Å². The van der Waals surface area contributed by atoms with Crippen molar-refractivity contribution < 1.29 is 18.3 Å². The van der Waals surface area contributed by atoms with E-state index in [9.17, 15) is 18.3 Å². The second kappa shape index (κ2) is 6.74. The Hall–Kier alpha value is -1.83. The van der Waals surface area contributed by atoms with Crippen molar-refractivity contribution in [2.24, 2.45) is 0 Å². The van der Waals surface area contributed by atoms with E-state index in [-0.39, 0.29) is 10.8 Å². The van der Waals surface area contributed by atoms with Gasteiger partial charge >= 0.3 is 6.18 Å². The molecular formula is C15H15ClF3N3O. The smallest absolute Gasteiger partial charge is 0.374 e. The Bertz CT molecular complexity index is 692. The summed E-state index contributed by atoms with van der Waals surface area (Å²) in [4.78, 5) is 5.01. The molecule has 1 unspecified atom stereocenters. The van der Waals surface area contributed by atoms with Gasteiger partial charge in [0.1, 0.15) is 11.4 Å². The summed E-state index contributed by atoms with van der Waals surface area (Å²) in [5.41, 5.74) is -0.369. The van der Waals surface area contributed by atoms with Gasteiger partial charge in [-0.05, 0) is 26.2 Å². The lowest BCUT2D eigenvalue weighted by Crippen LogP contribution is -2.20. The van der Waals surface area contributed by atoms with E-state index in [1.54, 1.807) is 38.4 Å². The maximum atomic E-state index is 13.1. The number of hydrogen-bond donors (Lipinski definition) is 2. The number of aliphatic hydroxyl groups is 1. The number of aliphatic hydroxyl groups excluding tert-OH is 1. The molecule has 0 aliphatic carbocycles. The summed E-state index contributed by atoms with van der Waals surface area (Å²) in [6.45, 7) is 0. The zero-order valence-corrected chi connectivity index (χ0v) is 13.2. The van der Waals surface area contributed by atoms with Crippen LogP contribution in [-0.4, -0.2) is 29.1 Å². The summed E-state index contributed by atoms with van der Waals surface area (Å²) in [6.07, 6.45) is -4.87. The van der Waals surface area contributed by atoms with Crippen molar-refractivity contribution in [1.29, 1.82) is 0 Å². The Morgan fingerprint density at radius 3 is 2.48 bits per heavy atom. The minimum Gasteiger partial charge on any atom is -0.374 e. The molecule has 1 aromatic carbocycles. The lowest BCUT2D eigenvalue weighted by molar-refractivity contribution is -0.137. The molecule has 0 aliphatic heterocycles. The van der Waals surface area contributed by atoms with Gasteiger partial charge in [-0.3, -0.25) is 4.90 Å². The van der Waals surface area contributed by atoms with Crippen LogP contribution in [0.15, 0.2) is 36.5 Å². The third kappa shape index (κ3) is 4.13. The molecule has 2 N–H and O–H groups in total.